The first-order valence-corrected chi connectivity index (χ1v) is 9.43. The standard InChI is InChI=1S/C18H28ClN3S.ClH/c1-17(2,3)11-18(4,5)22-12-20-16(21-13-22)23-10-14-6-8-15(19)9-7-14;/h6-9H,10-13H2,1-5H3,(H,20,21);1H. The maximum atomic E-state index is 5.92. The molecule has 1 aromatic carbocycles. The van der Waals surface area contributed by atoms with Gasteiger partial charge in [-0.3, -0.25) is 4.90 Å². The van der Waals surface area contributed by atoms with Crippen LogP contribution >= 0.6 is 35.8 Å². The number of halogens is 2. The van der Waals surface area contributed by atoms with Gasteiger partial charge in [-0.05, 0) is 43.4 Å². The molecule has 0 spiro atoms. The number of rotatable bonds is 4. The molecule has 0 saturated carbocycles. The molecule has 0 radical (unpaired) electrons. The van der Waals surface area contributed by atoms with E-state index in [2.05, 4.69) is 57.0 Å². The summed E-state index contributed by atoms with van der Waals surface area (Å²) in [6.45, 7) is 13.1. The van der Waals surface area contributed by atoms with Crippen molar-refractivity contribution in [3.8, 4) is 0 Å². The maximum absolute atomic E-state index is 5.92. The molecule has 2 rings (SSSR count). The van der Waals surface area contributed by atoms with Crippen molar-refractivity contribution < 1.29 is 0 Å². The third-order valence-electron chi connectivity index (χ3n) is 3.91. The summed E-state index contributed by atoms with van der Waals surface area (Å²) in [5.41, 5.74) is 1.72. The molecule has 3 nitrogen and oxygen atoms in total. The summed E-state index contributed by atoms with van der Waals surface area (Å²) in [5, 5.41) is 5.27. The van der Waals surface area contributed by atoms with Gasteiger partial charge in [0.1, 0.15) is 0 Å². The molecule has 24 heavy (non-hydrogen) atoms. The van der Waals surface area contributed by atoms with Gasteiger partial charge in [0.25, 0.3) is 0 Å². The fraction of sp³-hybridized carbons (Fsp3) is 0.611. The second-order valence-electron chi connectivity index (χ2n) is 7.94. The largest absolute Gasteiger partial charge is 0.352 e. The van der Waals surface area contributed by atoms with Gasteiger partial charge in [0, 0.05) is 16.3 Å². The Kier molecular flexibility index (Phi) is 7.92. The van der Waals surface area contributed by atoms with E-state index in [0.717, 1.165) is 35.7 Å². The molecule has 1 N–H and O–H groups in total. The lowest BCUT2D eigenvalue weighted by Gasteiger charge is -2.43. The fourth-order valence-electron chi connectivity index (χ4n) is 3.06. The van der Waals surface area contributed by atoms with Crippen molar-refractivity contribution in [1.29, 1.82) is 0 Å². The van der Waals surface area contributed by atoms with Gasteiger partial charge < -0.3 is 5.32 Å². The first kappa shape index (κ1) is 21.6. The summed E-state index contributed by atoms with van der Waals surface area (Å²) in [7, 11) is 0. The Hall–Kier alpha value is -0.420. The predicted octanol–water partition coefficient (Wildman–Crippen LogP) is 5.39. The van der Waals surface area contributed by atoms with Crippen molar-refractivity contribution in [2.24, 2.45) is 10.4 Å². The molecule has 0 bridgehead atoms. The Labute approximate surface area is 162 Å². The molecule has 0 amide bonds. The lowest BCUT2D eigenvalue weighted by molar-refractivity contribution is 0.0730. The molecular formula is C18H29Cl2N3S. The molecule has 1 aliphatic rings. The van der Waals surface area contributed by atoms with Gasteiger partial charge in [0.15, 0.2) is 5.17 Å². The summed E-state index contributed by atoms with van der Waals surface area (Å²) >= 11 is 7.67. The number of nitrogens with one attached hydrogen (secondary N) is 1. The molecule has 1 aromatic rings. The van der Waals surface area contributed by atoms with Crippen LogP contribution in [-0.4, -0.2) is 28.9 Å². The van der Waals surface area contributed by atoms with Gasteiger partial charge in [0.05, 0.1) is 13.3 Å². The van der Waals surface area contributed by atoms with Crippen molar-refractivity contribution in [3.63, 3.8) is 0 Å². The quantitative estimate of drug-likeness (QED) is 0.747. The molecule has 0 atom stereocenters. The van der Waals surface area contributed by atoms with Crippen molar-refractivity contribution in [2.75, 3.05) is 13.3 Å². The zero-order chi connectivity index (χ0) is 17.1. The smallest absolute Gasteiger partial charge is 0.159 e. The third-order valence-corrected chi connectivity index (χ3v) is 5.19. The molecular weight excluding hydrogens is 361 g/mol. The van der Waals surface area contributed by atoms with Crippen LogP contribution in [0.3, 0.4) is 0 Å². The minimum Gasteiger partial charge on any atom is -0.352 e. The Morgan fingerprint density at radius 3 is 2.29 bits per heavy atom. The van der Waals surface area contributed by atoms with Crippen LogP contribution in [0.1, 0.15) is 46.6 Å². The topological polar surface area (TPSA) is 27.6 Å². The summed E-state index contributed by atoms with van der Waals surface area (Å²) in [6.07, 6.45) is 1.14. The van der Waals surface area contributed by atoms with E-state index in [1.54, 1.807) is 11.8 Å². The van der Waals surface area contributed by atoms with Crippen molar-refractivity contribution in [2.45, 2.75) is 52.3 Å². The van der Waals surface area contributed by atoms with E-state index in [-0.39, 0.29) is 17.9 Å². The summed E-state index contributed by atoms with van der Waals surface area (Å²) in [5.74, 6) is 0.911. The molecule has 0 aliphatic carbocycles. The highest BCUT2D eigenvalue weighted by Gasteiger charge is 2.32. The highest BCUT2D eigenvalue weighted by Crippen LogP contribution is 2.31. The minimum atomic E-state index is 0. The van der Waals surface area contributed by atoms with E-state index in [4.69, 9.17) is 16.6 Å². The number of benzene rings is 1. The Morgan fingerprint density at radius 2 is 1.79 bits per heavy atom. The van der Waals surface area contributed by atoms with Gasteiger partial charge >= 0.3 is 0 Å². The van der Waals surface area contributed by atoms with Crippen LogP contribution in [-0.2, 0) is 5.75 Å². The van der Waals surface area contributed by atoms with Gasteiger partial charge in [-0.2, -0.15) is 0 Å². The highest BCUT2D eigenvalue weighted by molar-refractivity contribution is 8.13. The average molecular weight is 390 g/mol. The van der Waals surface area contributed by atoms with Crippen LogP contribution < -0.4 is 5.32 Å². The molecule has 1 aliphatic heterocycles. The van der Waals surface area contributed by atoms with Crippen LogP contribution in [0.2, 0.25) is 5.02 Å². The van der Waals surface area contributed by atoms with Crippen molar-refractivity contribution in [3.05, 3.63) is 34.9 Å². The fourth-order valence-corrected chi connectivity index (χ4v) is 4.00. The summed E-state index contributed by atoms with van der Waals surface area (Å²) in [4.78, 5) is 7.12. The number of aliphatic imine (C=N–C) groups is 1. The molecule has 1 heterocycles. The first-order chi connectivity index (χ1) is 10.7. The zero-order valence-electron chi connectivity index (χ0n) is 15.2. The second kappa shape index (κ2) is 8.79. The van der Waals surface area contributed by atoms with E-state index < -0.39 is 0 Å². The Bertz CT molecular complexity index is 550. The predicted molar refractivity (Wildman–Crippen MR) is 110 cm³/mol. The third kappa shape index (κ3) is 6.83. The van der Waals surface area contributed by atoms with Crippen molar-refractivity contribution in [1.82, 2.24) is 10.2 Å². The number of amidine groups is 1. The molecule has 136 valence electrons. The molecule has 0 aromatic heterocycles. The van der Waals surface area contributed by atoms with Gasteiger partial charge in [-0.1, -0.05) is 56.3 Å². The van der Waals surface area contributed by atoms with E-state index >= 15 is 0 Å². The zero-order valence-corrected chi connectivity index (χ0v) is 17.6. The summed E-state index contributed by atoms with van der Waals surface area (Å²) < 4.78 is 0. The number of nitrogens with zero attached hydrogens (tertiary/aromatic N) is 2. The van der Waals surface area contributed by atoms with Gasteiger partial charge in [-0.25, -0.2) is 4.99 Å². The average Bonchev–Trinajstić information content (AvgIpc) is 2.45. The van der Waals surface area contributed by atoms with Crippen molar-refractivity contribution >= 4 is 40.9 Å². The lowest BCUT2D eigenvalue weighted by Crippen LogP contribution is -2.53. The normalized spacial score (nSPS) is 16.2. The summed E-state index contributed by atoms with van der Waals surface area (Å²) in [6, 6.07) is 8.00. The van der Waals surface area contributed by atoms with Gasteiger partial charge in [-0.15, -0.1) is 12.4 Å². The molecule has 0 unspecified atom stereocenters. The van der Waals surface area contributed by atoms with Crippen LogP contribution in [0.4, 0.5) is 0 Å². The number of hydrogen-bond acceptors (Lipinski definition) is 4. The minimum absolute atomic E-state index is 0. The van der Waals surface area contributed by atoms with E-state index in [9.17, 15) is 0 Å². The van der Waals surface area contributed by atoms with Gasteiger partial charge in [0.2, 0.25) is 0 Å². The van der Waals surface area contributed by atoms with Crippen LogP contribution in [0.15, 0.2) is 29.3 Å². The molecule has 6 heteroatoms. The Morgan fingerprint density at radius 1 is 1.17 bits per heavy atom. The van der Waals surface area contributed by atoms with Crippen LogP contribution in [0.5, 0.6) is 0 Å². The van der Waals surface area contributed by atoms with E-state index in [1.165, 1.54) is 5.56 Å². The maximum Gasteiger partial charge on any atom is 0.159 e. The van der Waals surface area contributed by atoms with Crippen LogP contribution in [0.25, 0.3) is 0 Å². The monoisotopic (exact) mass is 389 g/mol. The number of thioether (sulfide) groups is 1. The highest BCUT2D eigenvalue weighted by atomic mass is 35.5. The lowest BCUT2D eigenvalue weighted by atomic mass is 9.81. The number of hydrogen-bond donors (Lipinski definition) is 1. The van der Waals surface area contributed by atoms with E-state index in [0.29, 0.717) is 5.41 Å². The van der Waals surface area contributed by atoms with Crippen LogP contribution in [0, 0.1) is 5.41 Å². The Balaban J connectivity index is 0.00000288. The first-order valence-electron chi connectivity index (χ1n) is 8.06. The second-order valence-corrected chi connectivity index (χ2v) is 9.34. The SMILES string of the molecule is CC(C)(C)CC(C)(C)N1CN=C(SCc2ccc(Cl)cc2)NC1.Cl. The molecule has 0 fully saturated rings. The van der Waals surface area contributed by atoms with E-state index in [1.807, 2.05) is 12.1 Å². The molecule has 0 saturated heterocycles.